The predicted molar refractivity (Wildman–Crippen MR) is 108 cm³/mol. The molecule has 4 nitrogen and oxygen atoms in total. The van der Waals surface area contributed by atoms with Crippen LogP contribution in [0.15, 0.2) is 41.3 Å². The SMILES string of the molecule is COc1cc(/C=C/c2ccccc2)c([S@@](=O)C(C)(C)C)c(OC)c1OC. The lowest BCUT2D eigenvalue weighted by Crippen LogP contribution is -2.23. The fraction of sp³-hybridized carbons (Fsp3) is 0.333. The summed E-state index contributed by atoms with van der Waals surface area (Å²) < 4.78 is 29.3. The van der Waals surface area contributed by atoms with Crippen LogP contribution < -0.4 is 14.2 Å². The number of benzene rings is 2. The van der Waals surface area contributed by atoms with Crippen molar-refractivity contribution in [3.8, 4) is 17.2 Å². The van der Waals surface area contributed by atoms with E-state index < -0.39 is 15.5 Å². The van der Waals surface area contributed by atoms with Crippen molar-refractivity contribution in [1.82, 2.24) is 0 Å². The Morgan fingerprint density at radius 2 is 1.50 bits per heavy atom. The predicted octanol–water partition coefficient (Wildman–Crippen LogP) is 4.79. The Morgan fingerprint density at radius 3 is 2.00 bits per heavy atom. The van der Waals surface area contributed by atoms with Crippen LogP contribution >= 0.6 is 0 Å². The van der Waals surface area contributed by atoms with E-state index in [2.05, 4.69) is 0 Å². The third kappa shape index (κ3) is 4.28. The fourth-order valence-electron chi connectivity index (χ4n) is 2.52. The molecule has 0 radical (unpaired) electrons. The maximum Gasteiger partial charge on any atom is 0.204 e. The van der Waals surface area contributed by atoms with Gasteiger partial charge in [0.2, 0.25) is 5.75 Å². The first-order chi connectivity index (χ1) is 12.3. The van der Waals surface area contributed by atoms with E-state index in [9.17, 15) is 4.21 Å². The van der Waals surface area contributed by atoms with Crippen molar-refractivity contribution in [3.05, 3.63) is 47.5 Å². The molecular weight excluding hydrogens is 348 g/mol. The van der Waals surface area contributed by atoms with Crippen LogP contribution in [-0.2, 0) is 10.8 Å². The average molecular weight is 375 g/mol. The van der Waals surface area contributed by atoms with Gasteiger partial charge in [-0.1, -0.05) is 42.5 Å². The van der Waals surface area contributed by atoms with E-state index >= 15 is 0 Å². The van der Waals surface area contributed by atoms with E-state index in [1.165, 1.54) is 0 Å². The lowest BCUT2D eigenvalue weighted by atomic mass is 10.1. The van der Waals surface area contributed by atoms with Gasteiger partial charge < -0.3 is 14.2 Å². The summed E-state index contributed by atoms with van der Waals surface area (Å²) in [4.78, 5) is 0.602. The zero-order valence-electron chi connectivity index (χ0n) is 16.2. The second-order valence-electron chi connectivity index (χ2n) is 6.69. The molecule has 0 spiro atoms. The minimum absolute atomic E-state index is 0.438. The molecule has 1 atom stereocenters. The highest BCUT2D eigenvalue weighted by Crippen LogP contribution is 2.45. The van der Waals surface area contributed by atoms with Gasteiger partial charge in [-0.15, -0.1) is 0 Å². The first-order valence-corrected chi connectivity index (χ1v) is 9.46. The summed E-state index contributed by atoms with van der Waals surface area (Å²) in [5.41, 5.74) is 1.82. The molecule has 0 aliphatic rings. The van der Waals surface area contributed by atoms with Crippen LogP contribution in [0.1, 0.15) is 31.9 Å². The molecule has 0 saturated heterocycles. The Bertz CT molecular complexity index is 805. The van der Waals surface area contributed by atoms with Gasteiger partial charge in [-0.2, -0.15) is 0 Å². The third-order valence-electron chi connectivity index (χ3n) is 3.81. The van der Waals surface area contributed by atoms with Crippen LogP contribution in [0.5, 0.6) is 17.2 Å². The zero-order chi connectivity index (χ0) is 19.3. The smallest absolute Gasteiger partial charge is 0.204 e. The van der Waals surface area contributed by atoms with Gasteiger partial charge in [-0.25, -0.2) is 0 Å². The van der Waals surface area contributed by atoms with Gasteiger partial charge in [0, 0.05) is 4.75 Å². The van der Waals surface area contributed by atoms with Gasteiger partial charge >= 0.3 is 0 Å². The van der Waals surface area contributed by atoms with Gasteiger partial charge in [0.1, 0.15) is 0 Å². The molecule has 0 aliphatic heterocycles. The number of methoxy groups -OCH3 is 3. The fourth-order valence-corrected chi connectivity index (χ4v) is 3.82. The zero-order valence-corrected chi connectivity index (χ0v) is 17.0. The van der Waals surface area contributed by atoms with Crippen molar-refractivity contribution in [2.75, 3.05) is 21.3 Å². The maximum absolute atomic E-state index is 13.2. The van der Waals surface area contributed by atoms with E-state index in [1.54, 1.807) is 21.3 Å². The molecule has 5 heteroatoms. The molecule has 0 aromatic heterocycles. The summed E-state index contributed by atoms with van der Waals surface area (Å²) in [5.74, 6) is 1.42. The molecule has 0 fully saturated rings. The Hall–Kier alpha value is -2.27. The van der Waals surface area contributed by atoms with Crippen LogP contribution in [0.2, 0.25) is 0 Å². The number of hydrogen-bond acceptors (Lipinski definition) is 4. The topological polar surface area (TPSA) is 44.8 Å². The summed E-state index contributed by atoms with van der Waals surface area (Å²) in [6.45, 7) is 5.80. The van der Waals surface area contributed by atoms with Crippen molar-refractivity contribution in [1.29, 1.82) is 0 Å². The minimum atomic E-state index is -1.32. The molecule has 2 aromatic carbocycles. The molecule has 2 rings (SSSR count). The first kappa shape index (κ1) is 20.0. The summed E-state index contributed by atoms with van der Waals surface area (Å²) >= 11 is 0. The molecule has 0 aliphatic carbocycles. The second kappa shape index (κ2) is 8.41. The highest BCUT2D eigenvalue weighted by atomic mass is 32.2. The maximum atomic E-state index is 13.2. The highest BCUT2D eigenvalue weighted by Gasteiger charge is 2.30. The molecular formula is C21H26O4S. The first-order valence-electron chi connectivity index (χ1n) is 8.31. The average Bonchev–Trinajstić information content (AvgIpc) is 2.64. The normalized spacial score (nSPS) is 12.8. The molecule has 140 valence electrons. The molecule has 0 saturated carbocycles. The van der Waals surface area contributed by atoms with Crippen LogP contribution in [0, 0.1) is 0 Å². The number of ether oxygens (including phenoxy) is 3. The largest absolute Gasteiger partial charge is 0.493 e. The summed E-state index contributed by atoms with van der Waals surface area (Å²) in [6.07, 6.45) is 3.91. The lowest BCUT2D eigenvalue weighted by molar-refractivity contribution is 0.319. The van der Waals surface area contributed by atoms with Crippen molar-refractivity contribution in [2.24, 2.45) is 0 Å². The van der Waals surface area contributed by atoms with Crippen LogP contribution in [-0.4, -0.2) is 30.3 Å². The van der Waals surface area contributed by atoms with Crippen LogP contribution in [0.3, 0.4) is 0 Å². The van der Waals surface area contributed by atoms with E-state index in [1.807, 2.05) is 69.3 Å². The van der Waals surface area contributed by atoms with Gasteiger partial charge in [0.25, 0.3) is 0 Å². The Labute approximate surface area is 158 Å². The number of hydrogen-bond donors (Lipinski definition) is 0. The van der Waals surface area contributed by atoms with Crippen molar-refractivity contribution in [2.45, 2.75) is 30.4 Å². The van der Waals surface area contributed by atoms with E-state index in [4.69, 9.17) is 14.2 Å². The molecule has 0 bridgehead atoms. The minimum Gasteiger partial charge on any atom is -0.493 e. The van der Waals surface area contributed by atoms with Crippen LogP contribution in [0.25, 0.3) is 12.2 Å². The highest BCUT2D eigenvalue weighted by molar-refractivity contribution is 7.86. The molecule has 26 heavy (non-hydrogen) atoms. The molecule has 2 aromatic rings. The van der Waals surface area contributed by atoms with E-state index in [0.717, 1.165) is 11.1 Å². The molecule has 0 heterocycles. The Kier molecular flexibility index (Phi) is 6.48. The van der Waals surface area contributed by atoms with E-state index in [0.29, 0.717) is 22.1 Å². The van der Waals surface area contributed by atoms with Gasteiger partial charge in [0.05, 0.1) is 37.0 Å². The molecule has 0 unspecified atom stereocenters. The van der Waals surface area contributed by atoms with Crippen molar-refractivity contribution >= 4 is 23.0 Å². The monoisotopic (exact) mass is 374 g/mol. The van der Waals surface area contributed by atoms with Gasteiger partial charge in [-0.05, 0) is 38.0 Å². The lowest BCUT2D eigenvalue weighted by Gasteiger charge is -2.23. The van der Waals surface area contributed by atoms with Crippen LogP contribution in [0.4, 0.5) is 0 Å². The molecule has 0 N–H and O–H groups in total. The standard InChI is InChI=1S/C21H26O4S/c1-21(2,3)26(22)20-16(13-12-15-10-8-7-9-11-15)14-17(23-4)18(24-5)19(20)25-6/h7-14H,1-6H3/b13-12+/t26-/m1/s1. The van der Waals surface area contributed by atoms with Gasteiger partial charge in [-0.3, -0.25) is 4.21 Å². The third-order valence-corrected chi connectivity index (χ3v) is 5.71. The summed E-state index contributed by atoms with van der Waals surface area (Å²) in [5, 5.41) is 0. The number of rotatable bonds is 6. The molecule has 0 amide bonds. The van der Waals surface area contributed by atoms with E-state index in [-0.39, 0.29) is 0 Å². The van der Waals surface area contributed by atoms with Gasteiger partial charge in [0.15, 0.2) is 11.5 Å². The Balaban J connectivity index is 2.71. The second-order valence-corrected chi connectivity index (χ2v) is 8.86. The Morgan fingerprint density at radius 1 is 0.885 bits per heavy atom. The summed E-state index contributed by atoms with van der Waals surface area (Å²) in [7, 11) is 3.35. The summed E-state index contributed by atoms with van der Waals surface area (Å²) in [6, 6.07) is 11.8. The van der Waals surface area contributed by atoms with Crippen molar-refractivity contribution < 1.29 is 18.4 Å². The van der Waals surface area contributed by atoms with Crippen molar-refractivity contribution in [3.63, 3.8) is 0 Å². The quantitative estimate of drug-likeness (QED) is 0.682.